The second-order valence-corrected chi connectivity index (χ2v) is 6.06. The number of hydrogen-bond acceptors (Lipinski definition) is 7. The van der Waals surface area contributed by atoms with Crippen LogP contribution >= 0.6 is 0 Å². The zero-order valence-electron chi connectivity index (χ0n) is 12.8. The molecule has 1 aromatic heterocycles. The van der Waals surface area contributed by atoms with Crippen molar-refractivity contribution < 1.29 is 19.2 Å². The summed E-state index contributed by atoms with van der Waals surface area (Å²) in [6, 6.07) is 3.01. The van der Waals surface area contributed by atoms with Crippen LogP contribution in [-0.4, -0.2) is 47.3 Å². The van der Waals surface area contributed by atoms with Crippen LogP contribution in [0.5, 0.6) is 0 Å². The SMILES string of the molecule is CC(C)(C)OC(=O)COC1CN(c2ccc([N+](=O)[O-])cn2)C1. The highest BCUT2D eigenvalue weighted by molar-refractivity contribution is 5.71. The Bertz CT molecular complexity index is 547. The van der Waals surface area contributed by atoms with E-state index in [0.29, 0.717) is 18.9 Å². The van der Waals surface area contributed by atoms with Crippen LogP contribution in [0, 0.1) is 10.1 Å². The monoisotopic (exact) mass is 309 g/mol. The van der Waals surface area contributed by atoms with Crippen LogP contribution in [0.15, 0.2) is 18.3 Å². The molecule has 2 heterocycles. The normalized spacial score (nSPS) is 15.3. The molecule has 0 bridgehead atoms. The van der Waals surface area contributed by atoms with Gasteiger partial charge in [0.2, 0.25) is 0 Å². The standard InChI is InChI=1S/C14H19N3O5/c1-14(2,3)22-13(18)9-21-11-7-16(8-11)12-5-4-10(6-15-12)17(19)20/h4-6,11H,7-9H2,1-3H3. The highest BCUT2D eigenvalue weighted by Crippen LogP contribution is 2.22. The lowest BCUT2D eigenvalue weighted by Crippen LogP contribution is -2.53. The smallest absolute Gasteiger partial charge is 0.332 e. The fourth-order valence-corrected chi connectivity index (χ4v) is 1.96. The first-order valence-electron chi connectivity index (χ1n) is 6.93. The van der Waals surface area contributed by atoms with Crippen LogP contribution in [0.4, 0.5) is 11.5 Å². The van der Waals surface area contributed by atoms with Crippen LogP contribution in [-0.2, 0) is 14.3 Å². The van der Waals surface area contributed by atoms with Crippen LogP contribution in [0.2, 0.25) is 0 Å². The van der Waals surface area contributed by atoms with Crippen LogP contribution < -0.4 is 4.90 Å². The molecule has 120 valence electrons. The molecule has 0 aliphatic carbocycles. The number of aromatic nitrogens is 1. The molecule has 0 spiro atoms. The molecule has 0 N–H and O–H groups in total. The first kappa shape index (κ1) is 16.2. The molecule has 8 nitrogen and oxygen atoms in total. The molecule has 22 heavy (non-hydrogen) atoms. The molecule has 0 saturated carbocycles. The molecular weight excluding hydrogens is 290 g/mol. The van der Waals surface area contributed by atoms with E-state index in [4.69, 9.17) is 9.47 Å². The number of rotatable bonds is 5. The van der Waals surface area contributed by atoms with Gasteiger partial charge in [-0.25, -0.2) is 9.78 Å². The van der Waals surface area contributed by atoms with E-state index in [2.05, 4.69) is 4.98 Å². The molecule has 1 aliphatic heterocycles. The number of ether oxygens (including phenoxy) is 2. The van der Waals surface area contributed by atoms with Crippen molar-refractivity contribution in [3.05, 3.63) is 28.4 Å². The maximum Gasteiger partial charge on any atom is 0.332 e. The Morgan fingerprint density at radius 1 is 1.45 bits per heavy atom. The van der Waals surface area contributed by atoms with Crippen molar-refractivity contribution >= 4 is 17.5 Å². The zero-order chi connectivity index (χ0) is 16.3. The molecule has 1 aliphatic rings. The molecule has 2 rings (SSSR count). The molecule has 1 saturated heterocycles. The summed E-state index contributed by atoms with van der Waals surface area (Å²) in [6.45, 7) is 6.51. The van der Waals surface area contributed by atoms with Gasteiger partial charge in [-0.15, -0.1) is 0 Å². The Morgan fingerprint density at radius 2 is 2.14 bits per heavy atom. The summed E-state index contributed by atoms with van der Waals surface area (Å²) in [6.07, 6.45) is 1.16. The largest absolute Gasteiger partial charge is 0.458 e. The van der Waals surface area contributed by atoms with Crippen LogP contribution in [0.25, 0.3) is 0 Å². The molecule has 0 unspecified atom stereocenters. The molecule has 0 radical (unpaired) electrons. The number of nitro groups is 1. The highest BCUT2D eigenvalue weighted by atomic mass is 16.6. The van der Waals surface area contributed by atoms with Crippen molar-refractivity contribution in [1.82, 2.24) is 4.98 Å². The van der Waals surface area contributed by atoms with E-state index in [9.17, 15) is 14.9 Å². The Labute approximate surface area is 128 Å². The summed E-state index contributed by atoms with van der Waals surface area (Å²) in [7, 11) is 0. The minimum atomic E-state index is -0.519. The van der Waals surface area contributed by atoms with E-state index >= 15 is 0 Å². The van der Waals surface area contributed by atoms with Crippen LogP contribution in [0.3, 0.4) is 0 Å². The van der Waals surface area contributed by atoms with Crippen molar-refractivity contribution in [3.8, 4) is 0 Å². The van der Waals surface area contributed by atoms with E-state index < -0.39 is 10.5 Å². The number of pyridine rings is 1. The Morgan fingerprint density at radius 3 is 2.64 bits per heavy atom. The van der Waals surface area contributed by atoms with Crippen molar-refractivity contribution in [1.29, 1.82) is 0 Å². The lowest BCUT2D eigenvalue weighted by atomic mass is 10.1. The van der Waals surface area contributed by atoms with Gasteiger partial charge in [0, 0.05) is 19.2 Å². The summed E-state index contributed by atoms with van der Waals surface area (Å²) >= 11 is 0. The Kier molecular flexibility index (Phi) is 4.60. The second-order valence-electron chi connectivity index (χ2n) is 6.06. The molecule has 1 aromatic rings. The maximum absolute atomic E-state index is 11.5. The first-order chi connectivity index (χ1) is 10.2. The third-order valence-electron chi connectivity index (χ3n) is 2.97. The third-order valence-corrected chi connectivity index (χ3v) is 2.97. The number of nitrogens with zero attached hydrogens (tertiary/aromatic N) is 3. The van der Waals surface area contributed by atoms with Gasteiger partial charge >= 0.3 is 5.97 Å². The predicted octanol–water partition coefficient (Wildman–Crippen LogP) is 1.54. The van der Waals surface area contributed by atoms with E-state index in [1.54, 1.807) is 26.8 Å². The lowest BCUT2D eigenvalue weighted by Gasteiger charge is -2.39. The zero-order valence-corrected chi connectivity index (χ0v) is 12.8. The van der Waals surface area contributed by atoms with Gasteiger partial charge in [-0.1, -0.05) is 0 Å². The molecule has 1 fully saturated rings. The summed E-state index contributed by atoms with van der Waals surface area (Å²) in [5, 5.41) is 10.6. The maximum atomic E-state index is 11.5. The van der Waals surface area contributed by atoms with E-state index in [1.165, 1.54) is 12.3 Å². The van der Waals surface area contributed by atoms with E-state index in [1.807, 2.05) is 4.90 Å². The average Bonchev–Trinajstić information content (AvgIpc) is 2.35. The van der Waals surface area contributed by atoms with Crippen molar-refractivity contribution in [3.63, 3.8) is 0 Å². The fourth-order valence-electron chi connectivity index (χ4n) is 1.96. The summed E-state index contributed by atoms with van der Waals surface area (Å²) in [5.41, 5.74) is -0.559. The predicted molar refractivity (Wildman–Crippen MR) is 78.7 cm³/mol. The van der Waals surface area contributed by atoms with Gasteiger partial charge < -0.3 is 14.4 Å². The number of hydrogen-bond donors (Lipinski definition) is 0. The van der Waals surface area contributed by atoms with E-state index in [0.717, 1.165) is 0 Å². The fraction of sp³-hybridized carbons (Fsp3) is 0.571. The van der Waals surface area contributed by atoms with Gasteiger partial charge in [-0.2, -0.15) is 0 Å². The second kappa shape index (κ2) is 6.27. The molecule has 0 atom stereocenters. The number of carbonyl (C=O) groups is 1. The minimum absolute atomic E-state index is 0.0398. The average molecular weight is 309 g/mol. The van der Waals surface area contributed by atoms with E-state index in [-0.39, 0.29) is 24.4 Å². The summed E-state index contributed by atoms with van der Waals surface area (Å²) in [5.74, 6) is 0.266. The minimum Gasteiger partial charge on any atom is -0.458 e. The topological polar surface area (TPSA) is 94.8 Å². The molecular formula is C14H19N3O5. The lowest BCUT2D eigenvalue weighted by molar-refractivity contribution is -0.385. The van der Waals surface area contributed by atoms with Gasteiger partial charge in [0.1, 0.15) is 24.2 Å². The van der Waals surface area contributed by atoms with Gasteiger partial charge in [0.05, 0.1) is 11.0 Å². The molecule has 8 heteroatoms. The number of anilines is 1. The molecule has 0 amide bonds. The third kappa shape index (κ3) is 4.39. The van der Waals surface area contributed by atoms with Crippen molar-refractivity contribution in [2.45, 2.75) is 32.5 Å². The Balaban J connectivity index is 1.73. The first-order valence-corrected chi connectivity index (χ1v) is 6.93. The van der Waals surface area contributed by atoms with Gasteiger partial charge in [-0.05, 0) is 26.8 Å². The summed E-state index contributed by atoms with van der Waals surface area (Å²) < 4.78 is 10.6. The number of esters is 1. The van der Waals surface area contributed by atoms with Gasteiger partial charge in [0.25, 0.3) is 5.69 Å². The van der Waals surface area contributed by atoms with Crippen LogP contribution in [0.1, 0.15) is 20.8 Å². The summed E-state index contributed by atoms with van der Waals surface area (Å²) in [4.78, 5) is 27.5. The van der Waals surface area contributed by atoms with Crippen molar-refractivity contribution in [2.24, 2.45) is 0 Å². The highest BCUT2D eigenvalue weighted by Gasteiger charge is 2.30. The van der Waals surface area contributed by atoms with Gasteiger partial charge in [0.15, 0.2) is 0 Å². The quantitative estimate of drug-likeness (QED) is 0.462. The number of carbonyl (C=O) groups excluding carboxylic acids is 1. The van der Waals surface area contributed by atoms with Gasteiger partial charge in [-0.3, -0.25) is 10.1 Å². The molecule has 0 aromatic carbocycles. The Hall–Kier alpha value is -2.22. The van der Waals surface area contributed by atoms with Crippen molar-refractivity contribution in [2.75, 3.05) is 24.6 Å².